The van der Waals surface area contributed by atoms with Crippen molar-refractivity contribution < 1.29 is 5.11 Å². The average molecular weight is 276 g/mol. The molecule has 1 atom stereocenters. The van der Waals surface area contributed by atoms with Crippen molar-refractivity contribution in [3.05, 3.63) is 35.9 Å². The number of β-amino-alcohol motifs (C(OH)–C–C–N with tert-alkyl or cyclic N) is 1. The summed E-state index contributed by atoms with van der Waals surface area (Å²) < 4.78 is 0. The summed E-state index contributed by atoms with van der Waals surface area (Å²) >= 11 is 0. The van der Waals surface area contributed by atoms with Crippen molar-refractivity contribution in [1.29, 1.82) is 0 Å². The van der Waals surface area contributed by atoms with Crippen LogP contribution in [0.25, 0.3) is 0 Å². The Morgan fingerprint density at radius 1 is 1.15 bits per heavy atom. The fourth-order valence-corrected chi connectivity index (χ4v) is 3.23. The molecule has 20 heavy (non-hydrogen) atoms. The summed E-state index contributed by atoms with van der Waals surface area (Å²) in [5.41, 5.74) is 1.03. The summed E-state index contributed by atoms with van der Waals surface area (Å²) in [5.74, 6) is 0. The van der Waals surface area contributed by atoms with Crippen LogP contribution in [0, 0.1) is 0 Å². The molecule has 1 N–H and O–H groups in total. The molecule has 1 saturated heterocycles. The van der Waals surface area contributed by atoms with E-state index in [2.05, 4.69) is 23.6 Å². The van der Waals surface area contributed by atoms with Gasteiger partial charge in [0.05, 0.1) is 6.10 Å². The van der Waals surface area contributed by atoms with E-state index in [1.165, 1.54) is 12.8 Å². The predicted octanol–water partition coefficient (Wildman–Crippen LogP) is 2.53. The molecule has 1 heterocycles. The fourth-order valence-electron chi connectivity index (χ4n) is 3.23. The maximum Gasteiger partial charge on any atom is 0.0916 e. The van der Waals surface area contributed by atoms with Gasteiger partial charge in [0, 0.05) is 12.6 Å². The zero-order valence-electron chi connectivity index (χ0n) is 12.8. The number of hydrogen-bond donors (Lipinski definition) is 1. The quantitative estimate of drug-likeness (QED) is 0.865. The van der Waals surface area contributed by atoms with Gasteiger partial charge in [0.15, 0.2) is 0 Å². The van der Waals surface area contributed by atoms with E-state index in [0.29, 0.717) is 0 Å². The molecule has 1 aliphatic rings. The van der Waals surface area contributed by atoms with Crippen molar-refractivity contribution in [1.82, 2.24) is 9.80 Å². The summed E-state index contributed by atoms with van der Waals surface area (Å²) in [6, 6.07) is 10.7. The molecule has 0 saturated carbocycles. The molecule has 3 heteroatoms. The van der Waals surface area contributed by atoms with E-state index in [4.69, 9.17) is 0 Å². The zero-order chi connectivity index (χ0) is 14.4. The second-order valence-electron chi connectivity index (χ2n) is 5.68. The summed E-state index contributed by atoms with van der Waals surface area (Å²) in [5, 5.41) is 10.3. The lowest BCUT2D eigenvalue weighted by Crippen LogP contribution is -2.45. The molecule has 2 rings (SSSR count). The van der Waals surface area contributed by atoms with Crippen LogP contribution in [0.2, 0.25) is 0 Å². The molecule has 1 aliphatic heterocycles. The third kappa shape index (κ3) is 4.05. The second kappa shape index (κ2) is 7.77. The molecule has 1 fully saturated rings. The van der Waals surface area contributed by atoms with Gasteiger partial charge >= 0.3 is 0 Å². The SMILES string of the molecule is CCN(CC)C1CCN(CC(O)c2ccccc2)CC1. The van der Waals surface area contributed by atoms with Crippen molar-refractivity contribution in [2.24, 2.45) is 0 Å². The Balaban J connectivity index is 1.80. The Morgan fingerprint density at radius 3 is 2.30 bits per heavy atom. The van der Waals surface area contributed by atoms with Crippen LogP contribution in [-0.2, 0) is 0 Å². The predicted molar refractivity (Wildman–Crippen MR) is 83.8 cm³/mol. The van der Waals surface area contributed by atoms with Gasteiger partial charge in [0.1, 0.15) is 0 Å². The van der Waals surface area contributed by atoms with Gasteiger partial charge in [0.2, 0.25) is 0 Å². The van der Waals surface area contributed by atoms with Gasteiger partial charge in [-0.05, 0) is 44.6 Å². The minimum absolute atomic E-state index is 0.360. The summed E-state index contributed by atoms with van der Waals surface area (Å²) in [4.78, 5) is 4.96. The van der Waals surface area contributed by atoms with Gasteiger partial charge < -0.3 is 14.9 Å². The monoisotopic (exact) mass is 276 g/mol. The zero-order valence-corrected chi connectivity index (χ0v) is 12.8. The molecule has 1 aromatic rings. The third-order valence-corrected chi connectivity index (χ3v) is 4.50. The van der Waals surface area contributed by atoms with Crippen molar-refractivity contribution in [3.63, 3.8) is 0 Å². The number of piperidine rings is 1. The van der Waals surface area contributed by atoms with E-state index in [0.717, 1.165) is 44.3 Å². The number of aliphatic hydroxyl groups is 1. The Kier molecular flexibility index (Phi) is 6.02. The van der Waals surface area contributed by atoms with E-state index < -0.39 is 0 Å². The maximum absolute atomic E-state index is 10.3. The van der Waals surface area contributed by atoms with E-state index in [9.17, 15) is 5.11 Å². The second-order valence-corrected chi connectivity index (χ2v) is 5.68. The average Bonchev–Trinajstić information content (AvgIpc) is 2.51. The van der Waals surface area contributed by atoms with Crippen LogP contribution < -0.4 is 0 Å². The minimum atomic E-state index is -0.360. The van der Waals surface area contributed by atoms with Crippen molar-refractivity contribution in [2.45, 2.75) is 38.8 Å². The largest absolute Gasteiger partial charge is 0.387 e. The van der Waals surface area contributed by atoms with Crippen LogP contribution in [0.3, 0.4) is 0 Å². The number of rotatable bonds is 6. The number of aliphatic hydroxyl groups excluding tert-OH is 1. The van der Waals surface area contributed by atoms with Crippen LogP contribution in [0.4, 0.5) is 0 Å². The summed E-state index contributed by atoms with van der Waals surface area (Å²) in [7, 11) is 0. The van der Waals surface area contributed by atoms with Crippen LogP contribution in [-0.4, -0.2) is 53.7 Å². The molecule has 0 amide bonds. The highest BCUT2D eigenvalue weighted by atomic mass is 16.3. The molecule has 3 nitrogen and oxygen atoms in total. The first kappa shape index (κ1) is 15.5. The van der Waals surface area contributed by atoms with Crippen molar-refractivity contribution in [3.8, 4) is 0 Å². The van der Waals surface area contributed by atoms with Crippen molar-refractivity contribution >= 4 is 0 Å². The summed E-state index contributed by atoms with van der Waals surface area (Å²) in [6.45, 7) is 9.75. The summed E-state index contributed by atoms with van der Waals surface area (Å²) in [6.07, 6.45) is 2.09. The number of nitrogens with zero attached hydrogens (tertiary/aromatic N) is 2. The number of hydrogen-bond acceptors (Lipinski definition) is 3. The molecule has 0 aromatic heterocycles. The Hall–Kier alpha value is -0.900. The van der Waals surface area contributed by atoms with Gasteiger partial charge in [-0.3, -0.25) is 0 Å². The minimum Gasteiger partial charge on any atom is -0.387 e. The highest BCUT2D eigenvalue weighted by Crippen LogP contribution is 2.20. The maximum atomic E-state index is 10.3. The first-order valence-corrected chi connectivity index (χ1v) is 7.94. The Labute approximate surface area is 123 Å². The van der Waals surface area contributed by atoms with Gasteiger partial charge in [-0.1, -0.05) is 44.2 Å². The molecule has 0 aliphatic carbocycles. The number of likely N-dealkylation sites (tertiary alicyclic amines) is 1. The molecule has 112 valence electrons. The highest BCUT2D eigenvalue weighted by molar-refractivity contribution is 5.17. The molecule has 0 spiro atoms. The van der Waals surface area contributed by atoms with Crippen LogP contribution >= 0.6 is 0 Å². The molecular formula is C17H28N2O. The smallest absolute Gasteiger partial charge is 0.0916 e. The van der Waals surface area contributed by atoms with E-state index in [1.54, 1.807) is 0 Å². The Bertz CT molecular complexity index is 370. The molecule has 0 bridgehead atoms. The highest BCUT2D eigenvalue weighted by Gasteiger charge is 2.24. The lowest BCUT2D eigenvalue weighted by molar-refractivity contribution is 0.0701. The normalized spacial score (nSPS) is 19.4. The molecular weight excluding hydrogens is 248 g/mol. The van der Waals surface area contributed by atoms with E-state index in [1.807, 2.05) is 30.3 Å². The van der Waals surface area contributed by atoms with Crippen LogP contribution in [0.1, 0.15) is 38.4 Å². The third-order valence-electron chi connectivity index (χ3n) is 4.50. The lowest BCUT2D eigenvalue weighted by atomic mass is 10.0. The topological polar surface area (TPSA) is 26.7 Å². The van der Waals surface area contributed by atoms with Gasteiger partial charge in [-0.15, -0.1) is 0 Å². The van der Waals surface area contributed by atoms with Crippen molar-refractivity contribution in [2.75, 3.05) is 32.7 Å². The van der Waals surface area contributed by atoms with Gasteiger partial charge in [-0.2, -0.15) is 0 Å². The van der Waals surface area contributed by atoms with Crippen LogP contribution in [0.5, 0.6) is 0 Å². The molecule has 1 unspecified atom stereocenters. The van der Waals surface area contributed by atoms with Gasteiger partial charge in [-0.25, -0.2) is 0 Å². The standard InChI is InChI=1S/C17H28N2O/c1-3-19(4-2)16-10-12-18(13-11-16)14-17(20)15-8-6-5-7-9-15/h5-9,16-17,20H,3-4,10-14H2,1-2H3. The lowest BCUT2D eigenvalue weighted by Gasteiger charge is -2.38. The van der Waals surface area contributed by atoms with Gasteiger partial charge in [0.25, 0.3) is 0 Å². The molecule has 1 aromatic carbocycles. The first-order valence-electron chi connectivity index (χ1n) is 7.94. The van der Waals surface area contributed by atoms with E-state index >= 15 is 0 Å². The van der Waals surface area contributed by atoms with E-state index in [-0.39, 0.29) is 6.10 Å². The Morgan fingerprint density at radius 2 is 1.75 bits per heavy atom. The van der Waals surface area contributed by atoms with Crippen LogP contribution in [0.15, 0.2) is 30.3 Å². The first-order chi connectivity index (χ1) is 9.74. The molecule has 0 radical (unpaired) electrons. The fraction of sp³-hybridized carbons (Fsp3) is 0.647. The number of benzene rings is 1.